The first-order chi connectivity index (χ1) is 12.0. The standard InChI is InChI=1S/C18H17BrN2O4/c19-16-9-8-12(10-17(16)21(23)24)18(22)20-13-4-3-7-15(11-13)25-14-5-1-2-6-14/h3-4,7-11,14H,1-2,5-6H2,(H,20,22). The maximum Gasteiger partial charge on any atom is 0.284 e. The second kappa shape index (κ2) is 7.65. The highest BCUT2D eigenvalue weighted by Gasteiger charge is 2.18. The highest BCUT2D eigenvalue weighted by atomic mass is 79.9. The molecule has 1 aliphatic rings. The van der Waals surface area contributed by atoms with Crippen LogP contribution in [0.4, 0.5) is 11.4 Å². The SMILES string of the molecule is O=C(Nc1cccc(OC2CCCC2)c1)c1ccc(Br)c([N+](=O)[O-])c1. The van der Waals surface area contributed by atoms with Crippen molar-refractivity contribution in [2.75, 3.05) is 5.32 Å². The maximum absolute atomic E-state index is 12.4. The predicted molar refractivity (Wildman–Crippen MR) is 98.1 cm³/mol. The highest BCUT2D eigenvalue weighted by Crippen LogP contribution is 2.27. The number of benzene rings is 2. The summed E-state index contributed by atoms with van der Waals surface area (Å²) in [6, 6.07) is 11.5. The number of halogens is 1. The molecule has 130 valence electrons. The maximum atomic E-state index is 12.4. The van der Waals surface area contributed by atoms with Crippen LogP contribution in [0.2, 0.25) is 0 Å². The van der Waals surface area contributed by atoms with E-state index in [1.165, 1.54) is 31.0 Å². The molecule has 1 N–H and O–H groups in total. The number of amides is 1. The second-order valence-electron chi connectivity index (χ2n) is 5.93. The molecule has 6 nitrogen and oxygen atoms in total. The van der Waals surface area contributed by atoms with Crippen LogP contribution in [0.15, 0.2) is 46.9 Å². The van der Waals surface area contributed by atoms with Crippen molar-refractivity contribution in [3.63, 3.8) is 0 Å². The average molecular weight is 405 g/mol. The molecule has 0 aromatic heterocycles. The van der Waals surface area contributed by atoms with E-state index in [0.29, 0.717) is 15.9 Å². The van der Waals surface area contributed by atoms with Crippen LogP contribution in [0.3, 0.4) is 0 Å². The summed E-state index contributed by atoms with van der Waals surface area (Å²) in [6.45, 7) is 0. The fraction of sp³-hybridized carbons (Fsp3) is 0.278. The Morgan fingerprint density at radius 1 is 1.20 bits per heavy atom. The van der Waals surface area contributed by atoms with Crippen LogP contribution >= 0.6 is 15.9 Å². The lowest BCUT2D eigenvalue weighted by atomic mass is 10.2. The largest absolute Gasteiger partial charge is 0.490 e. The van der Waals surface area contributed by atoms with Crippen LogP contribution in [-0.4, -0.2) is 16.9 Å². The van der Waals surface area contributed by atoms with Crippen LogP contribution in [0.5, 0.6) is 5.75 Å². The number of nitrogens with zero attached hydrogens (tertiary/aromatic N) is 1. The molecule has 0 bridgehead atoms. The van der Waals surface area contributed by atoms with Crippen LogP contribution in [-0.2, 0) is 0 Å². The first-order valence-corrected chi connectivity index (χ1v) is 8.84. The summed E-state index contributed by atoms with van der Waals surface area (Å²) in [4.78, 5) is 22.8. The second-order valence-corrected chi connectivity index (χ2v) is 6.78. The molecular weight excluding hydrogens is 388 g/mol. The van der Waals surface area contributed by atoms with Crippen LogP contribution in [0, 0.1) is 10.1 Å². The quantitative estimate of drug-likeness (QED) is 0.565. The van der Waals surface area contributed by atoms with Gasteiger partial charge in [0.15, 0.2) is 0 Å². The van der Waals surface area contributed by atoms with E-state index in [2.05, 4.69) is 21.2 Å². The van der Waals surface area contributed by atoms with Gasteiger partial charge in [-0.15, -0.1) is 0 Å². The Morgan fingerprint density at radius 2 is 1.96 bits per heavy atom. The smallest absolute Gasteiger partial charge is 0.284 e. The average Bonchev–Trinajstić information content (AvgIpc) is 3.08. The van der Waals surface area contributed by atoms with Crippen LogP contribution < -0.4 is 10.1 Å². The molecule has 1 saturated carbocycles. The molecule has 2 aromatic carbocycles. The van der Waals surface area contributed by atoms with Gasteiger partial charge in [-0.1, -0.05) is 6.07 Å². The number of ether oxygens (including phenoxy) is 1. The summed E-state index contributed by atoms with van der Waals surface area (Å²) in [5.74, 6) is 0.306. The Labute approximate surface area is 153 Å². The molecule has 0 heterocycles. The van der Waals surface area contributed by atoms with Gasteiger partial charge >= 0.3 is 0 Å². The van der Waals surface area contributed by atoms with Gasteiger partial charge in [-0.05, 0) is 65.9 Å². The predicted octanol–water partition coefficient (Wildman–Crippen LogP) is 4.93. The molecule has 0 atom stereocenters. The van der Waals surface area contributed by atoms with E-state index >= 15 is 0 Å². The fourth-order valence-corrected chi connectivity index (χ4v) is 3.23. The Kier molecular flexibility index (Phi) is 5.33. The number of hydrogen-bond acceptors (Lipinski definition) is 4. The van der Waals surface area contributed by atoms with Gasteiger partial charge < -0.3 is 10.1 Å². The van der Waals surface area contributed by atoms with Crippen molar-refractivity contribution in [3.8, 4) is 5.75 Å². The third kappa shape index (κ3) is 4.36. The lowest BCUT2D eigenvalue weighted by molar-refractivity contribution is -0.385. The molecule has 7 heteroatoms. The van der Waals surface area contributed by atoms with Gasteiger partial charge in [0.2, 0.25) is 0 Å². The van der Waals surface area contributed by atoms with Crippen molar-refractivity contribution < 1.29 is 14.5 Å². The van der Waals surface area contributed by atoms with E-state index in [1.807, 2.05) is 12.1 Å². The number of hydrogen-bond donors (Lipinski definition) is 1. The minimum Gasteiger partial charge on any atom is -0.490 e. The summed E-state index contributed by atoms with van der Waals surface area (Å²) in [6.07, 6.45) is 4.71. The topological polar surface area (TPSA) is 81.5 Å². The van der Waals surface area contributed by atoms with Crippen LogP contribution in [0.25, 0.3) is 0 Å². The third-order valence-electron chi connectivity index (χ3n) is 4.10. The molecule has 3 rings (SSSR count). The molecule has 0 unspecified atom stereocenters. The van der Waals surface area contributed by atoms with Gasteiger partial charge in [0.1, 0.15) is 5.75 Å². The van der Waals surface area contributed by atoms with Crippen molar-refractivity contribution in [3.05, 3.63) is 62.6 Å². The van der Waals surface area contributed by atoms with E-state index in [4.69, 9.17) is 4.74 Å². The van der Waals surface area contributed by atoms with Gasteiger partial charge in [0.05, 0.1) is 15.5 Å². The van der Waals surface area contributed by atoms with E-state index < -0.39 is 10.8 Å². The van der Waals surface area contributed by atoms with Crippen molar-refractivity contribution in [1.82, 2.24) is 0 Å². The number of nitro benzene ring substituents is 1. The fourth-order valence-electron chi connectivity index (χ4n) is 2.84. The minimum absolute atomic E-state index is 0.147. The summed E-state index contributed by atoms with van der Waals surface area (Å²) in [5, 5.41) is 13.7. The van der Waals surface area contributed by atoms with Gasteiger partial charge in [-0.25, -0.2) is 0 Å². The van der Waals surface area contributed by atoms with Gasteiger partial charge in [0, 0.05) is 23.4 Å². The lowest BCUT2D eigenvalue weighted by Crippen LogP contribution is -2.13. The number of anilines is 1. The molecule has 1 amide bonds. The van der Waals surface area contributed by atoms with E-state index in [1.54, 1.807) is 12.1 Å². The van der Waals surface area contributed by atoms with Gasteiger partial charge in [-0.3, -0.25) is 14.9 Å². The summed E-state index contributed by atoms with van der Waals surface area (Å²) >= 11 is 3.11. The number of rotatable bonds is 5. The van der Waals surface area contributed by atoms with Gasteiger partial charge in [-0.2, -0.15) is 0 Å². The van der Waals surface area contributed by atoms with E-state index in [0.717, 1.165) is 12.8 Å². The van der Waals surface area contributed by atoms with Crippen molar-refractivity contribution in [2.45, 2.75) is 31.8 Å². The molecular formula is C18H17BrN2O4. The minimum atomic E-state index is -0.531. The first kappa shape index (κ1) is 17.4. The molecule has 25 heavy (non-hydrogen) atoms. The highest BCUT2D eigenvalue weighted by molar-refractivity contribution is 9.10. The number of nitro groups is 1. The monoisotopic (exact) mass is 404 g/mol. The normalized spacial score (nSPS) is 14.3. The number of nitrogens with one attached hydrogen (secondary N) is 1. The summed E-state index contributed by atoms with van der Waals surface area (Å²) in [7, 11) is 0. The Balaban J connectivity index is 1.72. The molecule has 2 aromatic rings. The zero-order valence-electron chi connectivity index (χ0n) is 13.4. The first-order valence-electron chi connectivity index (χ1n) is 8.05. The Morgan fingerprint density at radius 3 is 2.68 bits per heavy atom. The number of carbonyl (C=O) groups is 1. The molecule has 0 radical (unpaired) electrons. The van der Waals surface area contributed by atoms with Crippen molar-refractivity contribution in [2.24, 2.45) is 0 Å². The number of carbonyl (C=O) groups excluding carboxylic acids is 1. The molecule has 1 aliphatic carbocycles. The molecule has 1 fully saturated rings. The summed E-state index contributed by atoms with van der Waals surface area (Å²) < 4.78 is 6.26. The molecule has 0 saturated heterocycles. The zero-order chi connectivity index (χ0) is 17.8. The van der Waals surface area contributed by atoms with Crippen molar-refractivity contribution >= 4 is 33.2 Å². The lowest BCUT2D eigenvalue weighted by Gasteiger charge is -2.14. The van der Waals surface area contributed by atoms with Crippen molar-refractivity contribution in [1.29, 1.82) is 0 Å². The Hall–Kier alpha value is -2.41. The van der Waals surface area contributed by atoms with Crippen LogP contribution in [0.1, 0.15) is 36.0 Å². The Bertz CT molecular complexity index is 803. The van der Waals surface area contributed by atoms with Gasteiger partial charge in [0.25, 0.3) is 11.6 Å². The summed E-state index contributed by atoms with van der Waals surface area (Å²) in [5.41, 5.74) is 0.661. The third-order valence-corrected chi connectivity index (χ3v) is 4.77. The van der Waals surface area contributed by atoms with E-state index in [-0.39, 0.29) is 17.4 Å². The van der Waals surface area contributed by atoms with E-state index in [9.17, 15) is 14.9 Å². The molecule has 0 aliphatic heterocycles. The zero-order valence-corrected chi connectivity index (χ0v) is 15.0. The molecule has 0 spiro atoms.